The van der Waals surface area contributed by atoms with Crippen molar-refractivity contribution in [2.75, 3.05) is 13.0 Å². The number of hydrogen-bond donors (Lipinski definition) is 3. The van der Waals surface area contributed by atoms with Gasteiger partial charge in [0.25, 0.3) is 5.91 Å². The second-order valence-corrected chi connectivity index (χ2v) is 9.76. The molecule has 1 atom stereocenters. The van der Waals surface area contributed by atoms with Gasteiger partial charge < -0.3 is 19.1 Å². The van der Waals surface area contributed by atoms with Crippen molar-refractivity contribution in [3.63, 3.8) is 0 Å². The lowest BCUT2D eigenvalue weighted by atomic mass is 10.1. The van der Waals surface area contributed by atoms with E-state index in [9.17, 15) is 9.36 Å². The molecule has 2 heterocycles. The Balaban J connectivity index is 1.75. The zero-order valence-electron chi connectivity index (χ0n) is 19.5. The minimum absolute atomic E-state index is 0.0922. The molecule has 3 N–H and O–H groups in total. The number of ether oxygens (including phenoxy) is 1. The van der Waals surface area contributed by atoms with Gasteiger partial charge in [0.1, 0.15) is 18.2 Å². The maximum atomic E-state index is 12.5. The summed E-state index contributed by atoms with van der Waals surface area (Å²) in [5.41, 5.74) is 3.23. The first-order chi connectivity index (χ1) is 15.8. The number of aromatic nitrogens is 4. The fourth-order valence-electron chi connectivity index (χ4n) is 3.38. The zero-order chi connectivity index (χ0) is 24.1. The molecule has 11 nitrogen and oxygen atoms in total. The molecule has 0 aromatic carbocycles. The van der Waals surface area contributed by atoms with E-state index in [4.69, 9.17) is 19.4 Å². The second kappa shape index (κ2) is 14.4. The average molecular weight is 486 g/mol. The van der Waals surface area contributed by atoms with Crippen LogP contribution in [-0.4, -0.2) is 54.3 Å². The summed E-state index contributed by atoms with van der Waals surface area (Å²) in [5.74, 6) is -0.505. The average Bonchev–Trinajstić information content (AvgIpc) is 3.18. The lowest BCUT2D eigenvalue weighted by Crippen LogP contribution is -2.25. The summed E-state index contributed by atoms with van der Waals surface area (Å²) in [5, 5.41) is 0. The molecular formula is C21H36N5O6P. The topological polar surface area (TPSA) is 149 Å². The van der Waals surface area contributed by atoms with Crippen molar-refractivity contribution in [2.45, 2.75) is 84.3 Å². The Morgan fingerprint density at radius 3 is 2.42 bits per heavy atom. The van der Waals surface area contributed by atoms with E-state index in [2.05, 4.69) is 27.4 Å². The van der Waals surface area contributed by atoms with Gasteiger partial charge in [-0.15, -0.1) is 0 Å². The first-order valence-corrected chi connectivity index (χ1v) is 13.4. The lowest BCUT2D eigenvalue weighted by molar-refractivity contribution is 0.0294. The van der Waals surface area contributed by atoms with Crippen molar-refractivity contribution in [1.29, 1.82) is 0 Å². The minimum Gasteiger partial charge on any atom is -0.364 e. The standard InChI is InChI=1S/C21H36N5O6P/c1-3-4-5-6-7-8-9-10-11-12-32-25-21(27)19-18-20(23-14-22-19)26(15-24-18)13-17(2)31-16-33(28,29)30/h14-15,17H,3-13,16H2,1-2H3,(H,25,27)(H2,28,29,30)/t17-/m1/s1. The van der Waals surface area contributed by atoms with Crippen LogP contribution in [0.5, 0.6) is 0 Å². The molecule has 0 aliphatic rings. The molecule has 0 saturated heterocycles. The molecule has 1 amide bonds. The molecule has 2 aromatic heterocycles. The first kappa shape index (κ1) is 27.3. The summed E-state index contributed by atoms with van der Waals surface area (Å²) in [6, 6.07) is 0. The molecule has 0 fully saturated rings. The van der Waals surface area contributed by atoms with Crippen LogP contribution in [0, 0.1) is 0 Å². The molecule has 0 bridgehead atoms. The van der Waals surface area contributed by atoms with Crippen LogP contribution in [0.1, 0.15) is 82.1 Å². The number of amides is 1. The van der Waals surface area contributed by atoms with E-state index in [1.165, 1.54) is 57.6 Å². The largest absolute Gasteiger partial charge is 0.364 e. The van der Waals surface area contributed by atoms with Crippen molar-refractivity contribution < 1.29 is 28.7 Å². The maximum Gasteiger partial charge on any atom is 0.350 e. The third kappa shape index (κ3) is 10.3. The van der Waals surface area contributed by atoms with Gasteiger partial charge in [0.05, 0.1) is 25.6 Å². The van der Waals surface area contributed by atoms with Crippen LogP contribution in [0.15, 0.2) is 12.7 Å². The smallest absolute Gasteiger partial charge is 0.350 e. The number of rotatable bonds is 17. The first-order valence-electron chi connectivity index (χ1n) is 11.6. The van der Waals surface area contributed by atoms with E-state index in [0.717, 1.165) is 12.8 Å². The van der Waals surface area contributed by atoms with Gasteiger partial charge in [0.2, 0.25) is 0 Å². The normalized spacial score (nSPS) is 12.8. The predicted octanol–water partition coefficient (Wildman–Crippen LogP) is 3.56. The van der Waals surface area contributed by atoms with Gasteiger partial charge in [-0.25, -0.2) is 20.4 Å². The summed E-state index contributed by atoms with van der Waals surface area (Å²) < 4.78 is 17.8. The Morgan fingerprint density at radius 2 is 1.76 bits per heavy atom. The molecule has 0 saturated carbocycles. The van der Waals surface area contributed by atoms with E-state index >= 15 is 0 Å². The van der Waals surface area contributed by atoms with E-state index in [0.29, 0.717) is 17.8 Å². The highest BCUT2D eigenvalue weighted by Crippen LogP contribution is 2.34. The quantitative estimate of drug-likeness (QED) is 0.174. The number of nitrogens with zero attached hydrogens (tertiary/aromatic N) is 4. The number of carbonyl (C=O) groups is 1. The summed E-state index contributed by atoms with van der Waals surface area (Å²) in [6.45, 7) is 4.58. The summed E-state index contributed by atoms with van der Waals surface area (Å²) in [6.07, 6.45) is 12.4. The molecule has 2 aromatic rings. The molecule has 186 valence electrons. The fourth-order valence-corrected chi connectivity index (χ4v) is 3.83. The van der Waals surface area contributed by atoms with Crippen LogP contribution < -0.4 is 5.48 Å². The SMILES string of the molecule is CCCCCCCCCCCONC(=O)c1ncnc2c1ncn2C[C@@H](C)OCP(=O)(O)O. The van der Waals surface area contributed by atoms with Gasteiger partial charge in [-0.1, -0.05) is 58.3 Å². The summed E-state index contributed by atoms with van der Waals surface area (Å²) in [7, 11) is -4.25. The molecule has 0 radical (unpaired) electrons. The van der Waals surface area contributed by atoms with E-state index in [1.54, 1.807) is 11.5 Å². The highest BCUT2D eigenvalue weighted by atomic mass is 31.2. The van der Waals surface area contributed by atoms with Crippen molar-refractivity contribution in [1.82, 2.24) is 25.0 Å². The van der Waals surface area contributed by atoms with Gasteiger partial charge in [-0.3, -0.25) is 14.2 Å². The van der Waals surface area contributed by atoms with Crippen LogP contribution >= 0.6 is 7.60 Å². The minimum atomic E-state index is -4.25. The van der Waals surface area contributed by atoms with E-state index in [-0.39, 0.29) is 12.2 Å². The Kier molecular flexibility index (Phi) is 11.9. The number of hydrogen-bond acceptors (Lipinski definition) is 7. The van der Waals surface area contributed by atoms with Crippen LogP contribution in [0.4, 0.5) is 0 Å². The highest BCUT2D eigenvalue weighted by Gasteiger charge is 2.19. The fraction of sp³-hybridized carbons (Fsp3) is 0.714. The summed E-state index contributed by atoms with van der Waals surface area (Å²) >= 11 is 0. The second-order valence-electron chi connectivity index (χ2n) is 8.17. The highest BCUT2D eigenvalue weighted by molar-refractivity contribution is 7.51. The number of fused-ring (bicyclic) bond motifs is 1. The Hall–Kier alpha value is -1.91. The molecule has 0 aliphatic carbocycles. The van der Waals surface area contributed by atoms with Gasteiger partial charge in [-0.05, 0) is 13.3 Å². The van der Waals surface area contributed by atoms with Crippen molar-refractivity contribution in [2.24, 2.45) is 0 Å². The van der Waals surface area contributed by atoms with Crippen molar-refractivity contribution in [3.05, 3.63) is 18.3 Å². The number of nitrogens with one attached hydrogen (secondary N) is 1. The molecule has 0 unspecified atom stereocenters. The van der Waals surface area contributed by atoms with Gasteiger partial charge in [0, 0.05) is 0 Å². The Labute approximate surface area is 194 Å². The number of imidazole rings is 1. The summed E-state index contributed by atoms with van der Waals surface area (Å²) in [4.78, 5) is 48.1. The lowest BCUT2D eigenvalue weighted by Gasteiger charge is -2.14. The third-order valence-electron chi connectivity index (χ3n) is 5.11. The number of unbranched alkanes of at least 4 members (excludes halogenated alkanes) is 8. The predicted molar refractivity (Wildman–Crippen MR) is 123 cm³/mol. The third-order valence-corrected chi connectivity index (χ3v) is 5.60. The van der Waals surface area contributed by atoms with Gasteiger partial charge in [-0.2, -0.15) is 0 Å². The van der Waals surface area contributed by atoms with Gasteiger partial charge in [0.15, 0.2) is 11.3 Å². The number of carbonyl (C=O) groups excluding carboxylic acids is 1. The van der Waals surface area contributed by atoms with Gasteiger partial charge >= 0.3 is 7.60 Å². The molecular weight excluding hydrogens is 449 g/mol. The maximum absolute atomic E-state index is 12.5. The van der Waals surface area contributed by atoms with Crippen LogP contribution in [0.25, 0.3) is 11.2 Å². The Bertz CT molecular complexity index is 902. The molecule has 2 rings (SSSR count). The van der Waals surface area contributed by atoms with E-state index < -0.39 is 26.0 Å². The molecule has 0 aliphatic heterocycles. The molecule has 33 heavy (non-hydrogen) atoms. The van der Waals surface area contributed by atoms with E-state index in [1.807, 2.05) is 0 Å². The van der Waals surface area contributed by atoms with Crippen LogP contribution in [0.2, 0.25) is 0 Å². The molecule has 12 heteroatoms. The van der Waals surface area contributed by atoms with Crippen LogP contribution in [0.3, 0.4) is 0 Å². The Morgan fingerprint density at radius 1 is 1.09 bits per heavy atom. The monoisotopic (exact) mass is 485 g/mol. The zero-order valence-corrected chi connectivity index (χ0v) is 20.4. The van der Waals surface area contributed by atoms with Crippen molar-refractivity contribution >= 4 is 24.7 Å². The van der Waals surface area contributed by atoms with Crippen LogP contribution in [-0.2, 0) is 20.7 Å². The van der Waals surface area contributed by atoms with Crippen molar-refractivity contribution in [3.8, 4) is 0 Å². The number of hydroxylamine groups is 1. The molecule has 0 spiro atoms.